The van der Waals surface area contributed by atoms with Crippen molar-refractivity contribution in [3.8, 4) is 5.75 Å². The van der Waals surface area contributed by atoms with Crippen molar-refractivity contribution >= 4 is 69.7 Å². The minimum absolute atomic E-state index is 0.136. The SMILES string of the molecule is C/C=C/C(=O)N1c2ccc(OCC)cc2C(=C2SC(C(=O)OC)=C(C(=O)OC)S2)C(=S)C1(C)C. The van der Waals surface area contributed by atoms with E-state index in [2.05, 4.69) is 0 Å². The zero-order chi connectivity index (χ0) is 25.2. The third kappa shape index (κ3) is 4.54. The van der Waals surface area contributed by atoms with Crippen LogP contribution in [-0.2, 0) is 23.9 Å². The summed E-state index contributed by atoms with van der Waals surface area (Å²) in [6, 6.07) is 5.46. The minimum Gasteiger partial charge on any atom is -0.494 e. The number of amides is 1. The maximum Gasteiger partial charge on any atom is 0.346 e. The van der Waals surface area contributed by atoms with Gasteiger partial charge in [0.15, 0.2) is 0 Å². The van der Waals surface area contributed by atoms with Gasteiger partial charge in [-0.3, -0.25) is 9.69 Å². The topological polar surface area (TPSA) is 82.1 Å². The highest BCUT2D eigenvalue weighted by Gasteiger charge is 2.45. The van der Waals surface area contributed by atoms with Crippen molar-refractivity contribution < 1.29 is 28.6 Å². The highest BCUT2D eigenvalue weighted by Crippen LogP contribution is 2.56. The Morgan fingerprint density at radius 3 is 2.18 bits per heavy atom. The maximum atomic E-state index is 13.1. The number of fused-ring (bicyclic) bond motifs is 1. The lowest BCUT2D eigenvalue weighted by atomic mass is 9.83. The van der Waals surface area contributed by atoms with E-state index in [1.165, 1.54) is 20.3 Å². The summed E-state index contributed by atoms with van der Waals surface area (Å²) in [6.07, 6.45) is 3.18. The number of carbonyl (C=O) groups is 3. The molecule has 2 heterocycles. The Hall–Kier alpha value is -2.56. The fraction of sp³-hybridized carbons (Fsp3) is 0.333. The van der Waals surface area contributed by atoms with Crippen molar-refractivity contribution in [1.82, 2.24) is 0 Å². The molecule has 0 saturated heterocycles. The van der Waals surface area contributed by atoms with Gasteiger partial charge < -0.3 is 14.2 Å². The third-order valence-corrected chi connectivity index (χ3v) is 8.46. The normalized spacial score (nSPS) is 17.2. The second kappa shape index (κ2) is 10.4. The van der Waals surface area contributed by atoms with Crippen LogP contribution in [0.2, 0.25) is 0 Å². The van der Waals surface area contributed by atoms with Gasteiger partial charge in [-0.1, -0.05) is 41.8 Å². The van der Waals surface area contributed by atoms with E-state index in [1.54, 1.807) is 24.0 Å². The van der Waals surface area contributed by atoms with Gasteiger partial charge >= 0.3 is 11.9 Å². The molecule has 0 N–H and O–H groups in total. The highest BCUT2D eigenvalue weighted by atomic mass is 32.2. The molecular weight excluding hydrogens is 494 g/mol. The average molecular weight is 520 g/mol. The van der Waals surface area contributed by atoms with Crippen molar-refractivity contribution in [2.75, 3.05) is 25.7 Å². The third-order valence-electron chi connectivity index (χ3n) is 5.20. The first-order valence-corrected chi connectivity index (χ1v) is 12.5. The van der Waals surface area contributed by atoms with Gasteiger partial charge in [0.25, 0.3) is 5.91 Å². The molecule has 7 nitrogen and oxygen atoms in total. The summed E-state index contributed by atoms with van der Waals surface area (Å²) in [7, 11) is 2.51. The number of hydrogen-bond acceptors (Lipinski definition) is 9. The van der Waals surface area contributed by atoms with E-state index in [1.807, 2.05) is 32.9 Å². The number of allylic oxidation sites excluding steroid dienone is 1. The van der Waals surface area contributed by atoms with Gasteiger partial charge in [-0.05, 0) is 52.0 Å². The second-order valence-corrected chi connectivity index (χ2v) is 10.4. The molecule has 0 atom stereocenters. The van der Waals surface area contributed by atoms with E-state index < -0.39 is 17.5 Å². The lowest BCUT2D eigenvalue weighted by Gasteiger charge is -2.45. The fourth-order valence-electron chi connectivity index (χ4n) is 3.67. The zero-order valence-electron chi connectivity index (χ0n) is 19.7. The van der Waals surface area contributed by atoms with Crippen molar-refractivity contribution in [2.24, 2.45) is 0 Å². The number of nitrogens with zero attached hydrogens (tertiary/aromatic N) is 1. The lowest BCUT2D eigenvalue weighted by Crippen LogP contribution is -2.55. The number of thioether (sulfide) groups is 2. The smallest absolute Gasteiger partial charge is 0.346 e. The molecular formula is C24H25NO6S3. The Balaban J connectivity index is 2.28. The van der Waals surface area contributed by atoms with Crippen LogP contribution < -0.4 is 9.64 Å². The highest BCUT2D eigenvalue weighted by molar-refractivity contribution is 8.29. The second-order valence-electron chi connectivity index (χ2n) is 7.68. The molecule has 180 valence electrons. The van der Waals surface area contributed by atoms with Crippen LogP contribution in [0.15, 0.2) is 44.4 Å². The maximum absolute atomic E-state index is 13.1. The number of ether oxygens (including phenoxy) is 3. The molecule has 0 saturated carbocycles. The Morgan fingerprint density at radius 2 is 1.68 bits per heavy atom. The van der Waals surface area contributed by atoms with Gasteiger partial charge in [-0.25, -0.2) is 9.59 Å². The Labute approximate surface area is 212 Å². The van der Waals surface area contributed by atoms with Crippen LogP contribution >= 0.6 is 35.7 Å². The molecule has 34 heavy (non-hydrogen) atoms. The van der Waals surface area contributed by atoms with Crippen molar-refractivity contribution in [1.29, 1.82) is 0 Å². The lowest BCUT2D eigenvalue weighted by molar-refractivity contribution is -0.138. The van der Waals surface area contributed by atoms with Crippen LogP contribution in [0.5, 0.6) is 5.75 Å². The molecule has 0 radical (unpaired) electrons. The fourth-order valence-corrected chi connectivity index (χ4v) is 6.70. The molecule has 1 aromatic carbocycles. The zero-order valence-corrected chi connectivity index (χ0v) is 22.2. The van der Waals surface area contributed by atoms with Gasteiger partial charge in [0.05, 0.1) is 41.2 Å². The predicted molar refractivity (Wildman–Crippen MR) is 140 cm³/mol. The number of thiocarbonyl (C=S) groups is 1. The summed E-state index contributed by atoms with van der Waals surface area (Å²) in [5, 5.41) is 0. The molecule has 3 rings (SSSR count). The largest absolute Gasteiger partial charge is 0.494 e. The molecule has 2 aliphatic rings. The van der Waals surface area contributed by atoms with E-state index in [0.29, 0.717) is 38.3 Å². The van der Waals surface area contributed by atoms with E-state index >= 15 is 0 Å². The van der Waals surface area contributed by atoms with Gasteiger partial charge in [0.2, 0.25) is 0 Å². The first-order chi connectivity index (χ1) is 16.1. The van der Waals surface area contributed by atoms with Crippen molar-refractivity contribution in [3.63, 3.8) is 0 Å². The summed E-state index contributed by atoms with van der Waals surface area (Å²) < 4.78 is 16.1. The number of carbonyl (C=O) groups excluding carboxylic acids is 3. The summed E-state index contributed by atoms with van der Waals surface area (Å²) >= 11 is 8.16. The quantitative estimate of drug-likeness (QED) is 0.308. The Morgan fingerprint density at radius 1 is 1.09 bits per heavy atom. The summed E-state index contributed by atoms with van der Waals surface area (Å²) in [5.74, 6) is -0.868. The number of rotatable bonds is 5. The van der Waals surface area contributed by atoms with Crippen LogP contribution in [0.25, 0.3) is 5.57 Å². The van der Waals surface area contributed by atoms with E-state index in [4.69, 9.17) is 26.4 Å². The van der Waals surface area contributed by atoms with E-state index in [9.17, 15) is 14.4 Å². The van der Waals surface area contributed by atoms with E-state index in [0.717, 1.165) is 23.5 Å². The molecule has 1 amide bonds. The van der Waals surface area contributed by atoms with Crippen LogP contribution in [-0.4, -0.2) is 49.1 Å². The van der Waals surface area contributed by atoms with Crippen LogP contribution in [0.1, 0.15) is 33.3 Å². The number of hydrogen-bond donors (Lipinski definition) is 0. The Bertz CT molecular complexity index is 1140. The van der Waals surface area contributed by atoms with Crippen LogP contribution in [0.4, 0.5) is 5.69 Å². The number of benzene rings is 1. The predicted octanol–water partition coefficient (Wildman–Crippen LogP) is 4.86. The van der Waals surface area contributed by atoms with Crippen molar-refractivity contribution in [2.45, 2.75) is 33.2 Å². The van der Waals surface area contributed by atoms with Crippen molar-refractivity contribution in [3.05, 3.63) is 50.0 Å². The molecule has 0 fully saturated rings. The van der Waals surface area contributed by atoms with Gasteiger partial charge in [-0.2, -0.15) is 0 Å². The van der Waals surface area contributed by atoms with Gasteiger partial charge in [0.1, 0.15) is 15.6 Å². The molecule has 0 bridgehead atoms. The minimum atomic E-state index is -0.866. The van der Waals surface area contributed by atoms with Gasteiger partial charge in [0, 0.05) is 11.1 Å². The molecule has 0 aliphatic carbocycles. The number of methoxy groups -OCH3 is 2. The number of esters is 2. The van der Waals surface area contributed by atoms with Crippen LogP contribution in [0.3, 0.4) is 0 Å². The first-order valence-electron chi connectivity index (χ1n) is 10.4. The summed E-state index contributed by atoms with van der Waals surface area (Å²) in [5.41, 5.74) is 1.13. The van der Waals surface area contributed by atoms with Gasteiger partial charge in [-0.15, -0.1) is 0 Å². The van der Waals surface area contributed by atoms with E-state index in [-0.39, 0.29) is 15.7 Å². The first kappa shape index (κ1) is 26.1. The molecule has 2 aliphatic heterocycles. The average Bonchev–Trinajstić information content (AvgIpc) is 3.24. The Kier molecular flexibility index (Phi) is 7.95. The number of anilines is 1. The molecule has 10 heteroatoms. The molecule has 0 unspecified atom stereocenters. The summed E-state index contributed by atoms with van der Waals surface area (Å²) in [6.45, 7) is 7.87. The standard InChI is InChI=1S/C24H25NO6S3/c1-7-9-16(26)25-15-11-10-13(31-8-2)12-14(15)17(20(32)24(25,3)4)23-33-18(21(27)29-5)19(34-23)22(28)30-6/h7,9-12H,8H2,1-6H3/b9-7+. The van der Waals surface area contributed by atoms with Crippen LogP contribution in [0, 0.1) is 0 Å². The molecule has 0 aromatic heterocycles. The molecule has 1 aromatic rings. The summed E-state index contributed by atoms with van der Waals surface area (Å²) in [4.78, 5) is 40.4. The monoisotopic (exact) mass is 519 g/mol. The molecule has 0 spiro atoms.